The second-order valence-corrected chi connectivity index (χ2v) is 6.34. The zero-order chi connectivity index (χ0) is 18.7. The molecule has 26 heavy (non-hydrogen) atoms. The molecular formula is C19H21FN2O4. The lowest BCUT2D eigenvalue weighted by Gasteiger charge is -2.33. The van der Waals surface area contributed by atoms with Crippen LogP contribution in [-0.4, -0.2) is 52.3 Å². The number of amides is 1. The monoisotopic (exact) mass is 360 g/mol. The summed E-state index contributed by atoms with van der Waals surface area (Å²) in [7, 11) is 1.74. The van der Waals surface area contributed by atoms with Crippen LogP contribution in [-0.2, 0) is 16.6 Å². The van der Waals surface area contributed by atoms with Gasteiger partial charge in [0.2, 0.25) is 0 Å². The van der Waals surface area contributed by atoms with Crippen LogP contribution in [0, 0.1) is 5.82 Å². The number of carboxylic acids is 1. The second-order valence-electron chi connectivity index (χ2n) is 6.34. The highest BCUT2D eigenvalue weighted by atomic mass is 19.1. The van der Waals surface area contributed by atoms with Gasteiger partial charge in [0.25, 0.3) is 5.91 Å². The van der Waals surface area contributed by atoms with E-state index in [2.05, 4.69) is 0 Å². The molecule has 7 heteroatoms. The Morgan fingerprint density at radius 2 is 1.85 bits per heavy atom. The number of carbonyl (C=O) groups is 2. The van der Waals surface area contributed by atoms with Crippen LogP contribution in [0.3, 0.4) is 0 Å². The summed E-state index contributed by atoms with van der Waals surface area (Å²) in [5.41, 5.74) is 1.94. The van der Waals surface area contributed by atoms with Gasteiger partial charge in [0, 0.05) is 32.0 Å². The number of aliphatic carboxylic acids is 1. The Bertz CT molecular complexity index is 794. The van der Waals surface area contributed by atoms with Crippen molar-refractivity contribution in [2.24, 2.45) is 7.05 Å². The standard InChI is InChI=1S/C19H21FN2O4/c1-21-16(13-2-4-14(20)5-3-13)6-7-17(21)19(25)22(12-18(23)24)15-8-10-26-11-9-15/h2-7,15H,8-12H2,1H3,(H,23,24). The van der Waals surface area contributed by atoms with E-state index in [4.69, 9.17) is 4.74 Å². The maximum absolute atomic E-state index is 13.1. The Labute approximate surface area is 150 Å². The van der Waals surface area contributed by atoms with Crippen LogP contribution in [0.4, 0.5) is 4.39 Å². The largest absolute Gasteiger partial charge is 0.480 e. The average Bonchev–Trinajstić information content (AvgIpc) is 3.02. The molecule has 1 aromatic heterocycles. The molecule has 1 amide bonds. The third-order valence-corrected chi connectivity index (χ3v) is 4.68. The second kappa shape index (κ2) is 7.70. The molecule has 1 aliphatic heterocycles. The van der Waals surface area contributed by atoms with Crippen molar-refractivity contribution in [3.05, 3.63) is 47.9 Å². The van der Waals surface area contributed by atoms with E-state index < -0.39 is 5.97 Å². The lowest BCUT2D eigenvalue weighted by molar-refractivity contribution is -0.138. The van der Waals surface area contributed by atoms with Crippen molar-refractivity contribution in [1.29, 1.82) is 0 Å². The zero-order valence-corrected chi connectivity index (χ0v) is 14.5. The van der Waals surface area contributed by atoms with Gasteiger partial charge in [0.05, 0.1) is 0 Å². The molecule has 2 heterocycles. The van der Waals surface area contributed by atoms with Crippen LogP contribution >= 0.6 is 0 Å². The van der Waals surface area contributed by atoms with E-state index in [-0.39, 0.29) is 24.3 Å². The molecule has 0 unspecified atom stereocenters. The SMILES string of the molecule is Cn1c(C(=O)N(CC(=O)O)C2CCOCC2)ccc1-c1ccc(F)cc1. The highest BCUT2D eigenvalue weighted by Gasteiger charge is 2.30. The lowest BCUT2D eigenvalue weighted by Crippen LogP contribution is -2.46. The summed E-state index contributed by atoms with van der Waals surface area (Å²) in [5, 5.41) is 9.22. The van der Waals surface area contributed by atoms with E-state index in [0.29, 0.717) is 31.7 Å². The number of hydrogen-bond acceptors (Lipinski definition) is 3. The van der Waals surface area contributed by atoms with Crippen LogP contribution < -0.4 is 0 Å². The number of ether oxygens (including phenoxy) is 1. The van der Waals surface area contributed by atoms with Crippen molar-refractivity contribution in [2.75, 3.05) is 19.8 Å². The maximum Gasteiger partial charge on any atom is 0.323 e. The van der Waals surface area contributed by atoms with Crippen LogP contribution in [0.25, 0.3) is 11.3 Å². The summed E-state index contributed by atoms with van der Waals surface area (Å²) in [6.45, 7) is 0.685. The van der Waals surface area contributed by atoms with E-state index in [0.717, 1.165) is 11.3 Å². The van der Waals surface area contributed by atoms with Crippen LogP contribution in [0.5, 0.6) is 0 Å². The quantitative estimate of drug-likeness (QED) is 0.889. The van der Waals surface area contributed by atoms with Gasteiger partial charge in [0.15, 0.2) is 0 Å². The lowest BCUT2D eigenvalue weighted by atomic mass is 10.1. The molecule has 0 aliphatic carbocycles. The first-order chi connectivity index (χ1) is 12.5. The van der Waals surface area contributed by atoms with Crippen molar-refractivity contribution < 1.29 is 23.8 Å². The molecule has 0 bridgehead atoms. The van der Waals surface area contributed by atoms with Crippen LogP contribution in [0.1, 0.15) is 23.3 Å². The molecule has 1 aromatic carbocycles. The van der Waals surface area contributed by atoms with Crippen molar-refractivity contribution in [1.82, 2.24) is 9.47 Å². The van der Waals surface area contributed by atoms with E-state index in [1.165, 1.54) is 17.0 Å². The smallest absolute Gasteiger partial charge is 0.323 e. The van der Waals surface area contributed by atoms with Crippen LogP contribution in [0.2, 0.25) is 0 Å². The molecule has 1 aliphatic rings. The molecule has 0 saturated carbocycles. The summed E-state index contributed by atoms with van der Waals surface area (Å²) in [5.74, 6) is -1.70. The van der Waals surface area contributed by atoms with Gasteiger partial charge in [-0.2, -0.15) is 0 Å². The Morgan fingerprint density at radius 1 is 1.19 bits per heavy atom. The third kappa shape index (κ3) is 3.77. The van der Waals surface area contributed by atoms with Gasteiger partial charge in [0.1, 0.15) is 18.1 Å². The number of hydrogen-bond donors (Lipinski definition) is 1. The highest BCUT2D eigenvalue weighted by molar-refractivity contribution is 5.95. The number of benzene rings is 1. The summed E-state index contributed by atoms with van der Waals surface area (Å²) < 4.78 is 20.2. The van der Waals surface area contributed by atoms with Crippen molar-refractivity contribution in [3.8, 4) is 11.3 Å². The molecule has 3 rings (SSSR count). The molecule has 0 spiro atoms. The number of carbonyl (C=O) groups excluding carboxylic acids is 1. The first-order valence-corrected chi connectivity index (χ1v) is 8.49. The highest BCUT2D eigenvalue weighted by Crippen LogP contribution is 2.24. The predicted molar refractivity (Wildman–Crippen MR) is 93.3 cm³/mol. The number of carboxylic acid groups (broad SMARTS) is 1. The summed E-state index contributed by atoms with van der Waals surface area (Å²) in [6, 6.07) is 9.32. The number of halogens is 1. The van der Waals surface area contributed by atoms with Gasteiger partial charge in [-0.1, -0.05) is 0 Å². The third-order valence-electron chi connectivity index (χ3n) is 4.68. The number of aromatic nitrogens is 1. The minimum atomic E-state index is -1.04. The van der Waals surface area contributed by atoms with Gasteiger partial charge >= 0.3 is 5.97 Å². The van der Waals surface area contributed by atoms with Gasteiger partial charge < -0.3 is 19.3 Å². The average molecular weight is 360 g/mol. The Morgan fingerprint density at radius 3 is 2.46 bits per heavy atom. The molecule has 0 atom stereocenters. The minimum absolute atomic E-state index is 0.156. The van der Waals surface area contributed by atoms with Gasteiger partial charge in [-0.25, -0.2) is 4.39 Å². The van der Waals surface area contributed by atoms with Crippen molar-refractivity contribution >= 4 is 11.9 Å². The summed E-state index contributed by atoms with van der Waals surface area (Å²) >= 11 is 0. The topological polar surface area (TPSA) is 71.8 Å². The van der Waals surface area contributed by atoms with E-state index in [1.807, 2.05) is 0 Å². The fraction of sp³-hybridized carbons (Fsp3) is 0.368. The van der Waals surface area contributed by atoms with Crippen LogP contribution in [0.15, 0.2) is 36.4 Å². The molecular weight excluding hydrogens is 339 g/mol. The zero-order valence-electron chi connectivity index (χ0n) is 14.5. The Hall–Kier alpha value is -2.67. The predicted octanol–water partition coefficient (Wildman–Crippen LogP) is 2.54. The number of nitrogens with zero attached hydrogens (tertiary/aromatic N) is 2. The molecule has 1 saturated heterocycles. The fourth-order valence-electron chi connectivity index (χ4n) is 3.29. The van der Waals surface area contributed by atoms with Crippen molar-refractivity contribution in [3.63, 3.8) is 0 Å². The molecule has 1 fully saturated rings. The Balaban J connectivity index is 1.89. The summed E-state index contributed by atoms with van der Waals surface area (Å²) in [4.78, 5) is 25.7. The maximum atomic E-state index is 13.1. The molecule has 6 nitrogen and oxygen atoms in total. The Kier molecular flexibility index (Phi) is 5.37. The first kappa shape index (κ1) is 18.1. The fourth-order valence-corrected chi connectivity index (χ4v) is 3.29. The van der Waals surface area contributed by atoms with Gasteiger partial charge in [-0.3, -0.25) is 9.59 Å². The summed E-state index contributed by atoms with van der Waals surface area (Å²) in [6.07, 6.45) is 1.24. The van der Waals surface area contributed by atoms with E-state index in [1.54, 1.807) is 35.9 Å². The molecule has 0 radical (unpaired) electrons. The molecule has 2 aromatic rings. The van der Waals surface area contributed by atoms with E-state index in [9.17, 15) is 19.1 Å². The van der Waals surface area contributed by atoms with Gasteiger partial charge in [-0.05, 0) is 54.8 Å². The first-order valence-electron chi connectivity index (χ1n) is 8.49. The minimum Gasteiger partial charge on any atom is -0.480 e. The number of rotatable bonds is 5. The molecule has 138 valence electrons. The van der Waals surface area contributed by atoms with E-state index >= 15 is 0 Å². The normalized spacial score (nSPS) is 15.0. The van der Waals surface area contributed by atoms with Crippen molar-refractivity contribution in [2.45, 2.75) is 18.9 Å². The molecule has 1 N–H and O–H groups in total. The van der Waals surface area contributed by atoms with Gasteiger partial charge in [-0.15, -0.1) is 0 Å².